The van der Waals surface area contributed by atoms with Crippen LogP contribution in [-0.4, -0.2) is 21.0 Å². The van der Waals surface area contributed by atoms with Gasteiger partial charge in [0.2, 0.25) is 0 Å². The lowest BCUT2D eigenvalue weighted by atomic mass is 10.0. The highest BCUT2D eigenvalue weighted by molar-refractivity contribution is 7.18. The first-order chi connectivity index (χ1) is 16.5. The number of benzene rings is 3. The van der Waals surface area contributed by atoms with Crippen molar-refractivity contribution in [3.8, 4) is 16.9 Å². The van der Waals surface area contributed by atoms with E-state index in [0.717, 1.165) is 27.3 Å². The van der Waals surface area contributed by atoms with Crippen molar-refractivity contribution in [2.75, 3.05) is 0 Å². The van der Waals surface area contributed by atoms with Gasteiger partial charge in [0, 0.05) is 12.6 Å². The van der Waals surface area contributed by atoms with Crippen molar-refractivity contribution < 1.29 is 19.0 Å². The van der Waals surface area contributed by atoms with Gasteiger partial charge in [-0.2, -0.15) is 0 Å². The predicted molar refractivity (Wildman–Crippen MR) is 130 cm³/mol. The number of thiazole rings is 1. The van der Waals surface area contributed by atoms with Crippen molar-refractivity contribution >= 4 is 27.5 Å². The average Bonchev–Trinajstić information content (AvgIpc) is 3.27. The van der Waals surface area contributed by atoms with Gasteiger partial charge in [0.15, 0.2) is 0 Å². The second-order valence-electron chi connectivity index (χ2n) is 7.77. The van der Waals surface area contributed by atoms with E-state index in [9.17, 15) is 9.18 Å². The van der Waals surface area contributed by atoms with E-state index in [2.05, 4.69) is 22.1 Å². The molecule has 0 atom stereocenters. The van der Waals surface area contributed by atoms with Crippen LogP contribution in [0.3, 0.4) is 0 Å². The Labute approximate surface area is 199 Å². The lowest BCUT2D eigenvalue weighted by molar-refractivity contribution is 0.0696. The first kappa shape index (κ1) is 21.7. The first-order valence-electron chi connectivity index (χ1n) is 10.6. The van der Waals surface area contributed by atoms with Gasteiger partial charge >= 0.3 is 5.97 Å². The van der Waals surface area contributed by atoms with E-state index in [0.29, 0.717) is 29.0 Å². The Bertz CT molecular complexity index is 1480. The number of rotatable bonds is 7. The van der Waals surface area contributed by atoms with Crippen molar-refractivity contribution in [1.82, 2.24) is 9.97 Å². The Kier molecular flexibility index (Phi) is 6.01. The molecule has 5 nitrogen and oxygen atoms in total. The SMILES string of the molecule is O=C(O)c1cncc(OCc2ccc(-c3cccc(Cc4nc5cccc(F)c5s4)c3)cc2)c1. The number of aromatic nitrogens is 2. The number of hydrogen-bond donors (Lipinski definition) is 1. The number of carbonyl (C=O) groups is 1. The number of pyridine rings is 1. The molecule has 1 N–H and O–H groups in total. The van der Waals surface area contributed by atoms with E-state index in [4.69, 9.17) is 9.84 Å². The molecule has 5 rings (SSSR count). The lowest BCUT2D eigenvalue weighted by Crippen LogP contribution is -2.00. The average molecular weight is 471 g/mol. The van der Waals surface area contributed by atoms with Gasteiger partial charge in [-0.1, -0.05) is 54.6 Å². The zero-order valence-electron chi connectivity index (χ0n) is 17.9. The normalized spacial score (nSPS) is 11.0. The number of ether oxygens (including phenoxy) is 1. The Balaban J connectivity index is 1.28. The molecular formula is C27H19FN2O3S. The summed E-state index contributed by atoms with van der Waals surface area (Å²) in [6.45, 7) is 0.305. The summed E-state index contributed by atoms with van der Waals surface area (Å²) in [5.74, 6) is -0.865. The molecule has 0 aliphatic heterocycles. The van der Waals surface area contributed by atoms with Gasteiger partial charge in [-0.15, -0.1) is 11.3 Å². The lowest BCUT2D eigenvalue weighted by Gasteiger charge is -2.08. The molecule has 7 heteroatoms. The number of carboxylic acids is 1. The fourth-order valence-electron chi connectivity index (χ4n) is 3.65. The maximum absolute atomic E-state index is 14.0. The van der Waals surface area contributed by atoms with E-state index in [1.807, 2.05) is 42.5 Å². The van der Waals surface area contributed by atoms with Crippen LogP contribution in [0.2, 0.25) is 0 Å². The van der Waals surface area contributed by atoms with Crippen LogP contribution in [0, 0.1) is 5.82 Å². The highest BCUT2D eigenvalue weighted by Gasteiger charge is 2.09. The summed E-state index contributed by atoms with van der Waals surface area (Å²) in [7, 11) is 0. The van der Waals surface area contributed by atoms with Crippen molar-refractivity contribution in [3.63, 3.8) is 0 Å². The molecule has 5 aromatic rings. The molecule has 0 amide bonds. The number of halogens is 1. The fraction of sp³-hybridized carbons (Fsp3) is 0.0741. The van der Waals surface area contributed by atoms with Crippen LogP contribution in [0.5, 0.6) is 5.75 Å². The Morgan fingerprint density at radius 1 is 0.941 bits per heavy atom. The Hall–Kier alpha value is -4.10. The van der Waals surface area contributed by atoms with Gasteiger partial charge in [-0.05, 0) is 40.5 Å². The van der Waals surface area contributed by atoms with Crippen molar-refractivity contribution in [2.45, 2.75) is 13.0 Å². The zero-order chi connectivity index (χ0) is 23.5. The molecule has 0 radical (unpaired) electrons. The van der Waals surface area contributed by atoms with Gasteiger partial charge in [0.1, 0.15) is 18.2 Å². The zero-order valence-corrected chi connectivity index (χ0v) is 18.8. The van der Waals surface area contributed by atoms with E-state index in [1.165, 1.54) is 35.9 Å². The molecule has 0 unspecified atom stereocenters. The second kappa shape index (κ2) is 9.41. The van der Waals surface area contributed by atoms with Gasteiger partial charge in [0.05, 0.1) is 27.0 Å². The van der Waals surface area contributed by atoms with Gasteiger partial charge in [-0.3, -0.25) is 4.98 Å². The minimum absolute atomic E-state index is 0.0868. The Morgan fingerprint density at radius 2 is 1.76 bits per heavy atom. The minimum atomic E-state index is -1.04. The maximum Gasteiger partial charge on any atom is 0.337 e. The van der Waals surface area contributed by atoms with E-state index in [-0.39, 0.29) is 11.4 Å². The van der Waals surface area contributed by atoms with E-state index >= 15 is 0 Å². The smallest absolute Gasteiger partial charge is 0.337 e. The molecule has 2 heterocycles. The number of fused-ring (bicyclic) bond motifs is 1. The molecule has 0 aliphatic carbocycles. The van der Waals surface area contributed by atoms with Gasteiger partial charge < -0.3 is 9.84 Å². The third-order valence-electron chi connectivity index (χ3n) is 5.35. The van der Waals surface area contributed by atoms with Crippen LogP contribution in [0.25, 0.3) is 21.3 Å². The summed E-state index contributed by atoms with van der Waals surface area (Å²) in [4.78, 5) is 19.5. The molecule has 168 valence electrons. The van der Waals surface area contributed by atoms with Crippen molar-refractivity contribution in [2.24, 2.45) is 0 Å². The maximum atomic E-state index is 14.0. The van der Waals surface area contributed by atoms with E-state index < -0.39 is 5.97 Å². The Morgan fingerprint density at radius 3 is 2.56 bits per heavy atom. The third-order valence-corrected chi connectivity index (χ3v) is 6.43. The molecule has 0 bridgehead atoms. The summed E-state index contributed by atoms with van der Waals surface area (Å²) in [5, 5.41) is 9.95. The van der Waals surface area contributed by atoms with E-state index in [1.54, 1.807) is 6.07 Å². The topological polar surface area (TPSA) is 72.3 Å². The summed E-state index contributed by atoms with van der Waals surface area (Å²) in [5.41, 5.74) is 4.99. The standard InChI is InChI=1S/C27H19FN2O3S/c28-23-5-2-6-24-26(23)34-25(30-24)12-18-3-1-4-20(11-18)19-9-7-17(8-10-19)16-33-22-13-21(27(31)32)14-29-15-22/h1-11,13-15H,12,16H2,(H,31,32). The second-order valence-corrected chi connectivity index (χ2v) is 8.86. The summed E-state index contributed by atoms with van der Waals surface area (Å²) >= 11 is 1.39. The number of nitrogens with zero attached hydrogens (tertiary/aromatic N) is 2. The molecule has 2 aromatic heterocycles. The van der Waals surface area contributed by atoms with Crippen molar-refractivity contribution in [1.29, 1.82) is 0 Å². The minimum Gasteiger partial charge on any atom is -0.487 e. The first-order valence-corrected chi connectivity index (χ1v) is 11.4. The fourth-order valence-corrected chi connectivity index (χ4v) is 4.65. The van der Waals surface area contributed by atoms with Crippen LogP contribution < -0.4 is 4.74 Å². The van der Waals surface area contributed by atoms with Gasteiger partial charge in [0.25, 0.3) is 0 Å². The number of carboxylic acid groups (broad SMARTS) is 1. The highest BCUT2D eigenvalue weighted by Crippen LogP contribution is 2.28. The van der Waals surface area contributed by atoms with Crippen molar-refractivity contribution in [3.05, 3.63) is 113 Å². The summed E-state index contributed by atoms with van der Waals surface area (Å²) in [6, 6.07) is 22.7. The largest absolute Gasteiger partial charge is 0.487 e. The molecule has 0 saturated heterocycles. The third kappa shape index (κ3) is 4.79. The molecular weight excluding hydrogens is 451 g/mol. The highest BCUT2D eigenvalue weighted by atomic mass is 32.1. The number of aromatic carboxylic acids is 1. The molecule has 34 heavy (non-hydrogen) atoms. The monoisotopic (exact) mass is 470 g/mol. The molecule has 0 saturated carbocycles. The summed E-state index contributed by atoms with van der Waals surface area (Å²) < 4.78 is 20.3. The van der Waals surface area contributed by atoms with Crippen LogP contribution in [0.15, 0.2) is 85.2 Å². The number of hydrogen-bond acceptors (Lipinski definition) is 5. The van der Waals surface area contributed by atoms with Crippen LogP contribution in [-0.2, 0) is 13.0 Å². The molecule has 0 aliphatic rings. The van der Waals surface area contributed by atoms with Gasteiger partial charge in [-0.25, -0.2) is 14.2 Å². The molecule has 0 spiro atoms. The quantitative estimate of drug-likeness (QED) is 0.299. The van der Waals surface area contributed by atoms with Crippen LogP contribution in [0.1, 0.15) is 26.5 Å². The predicted octanol–water partition coefficient (Wildman–Crippen LogP) is 6.37. The molecule has 3 aromatic carbocycles. The van der Waals surface area contributed by atoms with Crippen LogP contribution in [0.4, 0.5) is 4.39 Å². The van der Waals surface area contributed by atoms with Crippen LogP contribution >= 0.6 is 11.3 Å². The molecule has 0 fully saturated rings. The summed E-state index contributed by atoms with van der Waals surface area (Å²) in [6.07, 6.45) is 3.42.